The molecule has 0 aromatic heterocycles. The van der Waals surface area contributed by atoms with Crippen molar-refractivity contribution in [3.8, 4) is 0 Å². The minimum Gasteiger partial charge on any atom is -0.294 e. The van der Waals surface area contributed by atoms with Gasteiger partial charge in [-0.1, -0.05) is 65.8 Å². The van der Waals surface area contributed by atoms with E-state index in [1.165, 1.54) is 0 Å². The second-order valence-electron chi connectivity index (χ2n) is 5.30. The lowest BCUT2D eigenvalue weighted by molar-refractivity contribution is 0.0959. The number of benzene rings is 2. The third-order valence-electron chi connectivity index (χ3n) is 3.96. The summed E-state index contributed by atoms with van der Waals surface area (Å²) in [5.74, 6) is 0.216. The molecule has 1 aliphatic rings. The number of hydrogen-bond donors (Lipinski definition) is 0. The van der Waals surface area contributed by atoms with Crippen LogP contribution in [0.3, 0.4) is 0 Å². The van der Waals surface area contributed by atoms with Crippen LogP contribution in [0.25, 0.3) is 10.4 Å². The highest BCUT2D eigenvalue weighted by Gasteiger charge is 2.47. The van der Waals surface area contributed by atoms with Crippen LogP contribution < -0.4 is 0 Å². The Kier molecular flexibility index (Phi) is 3.71. The molecule has 3 atom stereocenters. The zero-order valence-electron chi connectivity index (χ0n) is 11.5. The topological polar surface area (TPSA) is 65.8 Å². The van der Waals surface area contributed by atoms with Crippen LogP contribution in [0.4, 0.5) is 0 Å². The number of carbonyl (C=O) groups excluding carboxylic acids is 1. The van der Waals surface area contributed by atoms with Crippen molar-refractivity contribution in [3.05, 3.63) is 82.2 Å². The van der Waals surface area contributed by atoms with Gasteiger partial charge in [-0.2, -0.15) is 0 Å². The third kappa shape index (κ3) is 2.81. The molecule has 4 heteroatoms. The molecule has 21 heavy (non-hydrogen) atoms. The van der Waals surface area contributed by atoms with Crippen molar-refractivity contribution in [3.63, 3.8) is 0 Å². The van der Waals surface area contributed by atoms with Crippen molar-refractivity contribution < 1.29 is 4.79 Å². The van der Waals surface area contributed by atoms with Crippen molar-refractivity contribution in [1.29, 1.82) is 0 Å². The molecule has 0 radical (unpaired) electrons. The Hall–Kier alpha value is -2.58. The minimum atomic E-state index is -0.256. The molecule has 0 bridgehead atoms. The van der Waals surface area contributed by atoms with Crippen molar-refractivity contribution in [2.75, 3.05) is 0 Å². The van der Waals surface area contributed by atoms with Gasteiger partial charge in [-0.25, -0.2) is 0 Å². The molecular weight excluding hydrogens is 262 g/mol. The average molecular weight is 277 g/mol. The number of hydrogen-bond acceptors (Lipinski definition) is 2. The lowest BCUT2D eigenvalue weighted by Crippen LogP contribution is -2.07. The Balaban J connectivity index is 1.79. The molecule has 2 aromatic rings. The summed E-state index contributed by atoms with van der Waals surface area (Å²) in [5.41, 5.74) is 10.5. The molecule has 0 amide bonds. The van der Waals surface area contributed by atoms with Crippen LogP contribution in [-0.2, 0) is 0 Å². The molecular formula is C17H15N3O. The molecule has 0 spiro atoms. The predicted octanol–water partition coefficient (Wildman–Crippen LogP) is 4.56. The van der Waals surface area contributed by atoms with E-state index in [2.05, 4.69) is 10.0 Å². The van der Waals surface area contributed by atoms with E-state index in [4.69, 9.17) is 5.53 Å². The summed E-state index contributed by atoms with van der Waals surface area (Å²) in [6.07, 6.45) is 0.784. The van der Waals surface area contributed by atoms with Crippen LogP contribution in [0.1, 0.15) is 28.4 Å². The summed E-state index contributed by atoms with van der Waals surface area (Å²) >= 11 is 0. The van der Waals surface area contributed by atoms with Crippen LogP contribution in [0, 0.1) is 11.8 Å². The zero-order valence-corrected chi connectivity index (χ0v) is 11.5. The van der Waals surface area contributed by atoms with E-state index < -0.39 is 0 Å². The first-order chi connectivity index (χ1) is 10.3. The minimum absolute atomic E-state index is 0.0388. The highest BCUT2D eigenvalue weighted by atomic mass is 16.1. The van der Waals surface area contributed by atoms with E-state index in [1.807, 2.05) is 60.7 Å². The fraction of sp³-hybridized carbons (Fsp3) is 0.235. The Morgan fingerprint density at radius 1 is 1.10 bits per heavy atom. The maximum atomic E-state index is 12.4. The number of nitrogens with zero attached hydrogens (tertiary/aromatic N) is 3. The maximum absolute atomic E-state index is 12.4. The van der Waals surface area contributed by atoms with Crippen molar-refractivity contribution in [2.45, 2.75) is 12.5 Å². The van der Waals surface area contributed by atoms with Gasteiger partial charge in [0.2, 0.25) is 0 Å². The third-order valence-corrected chi connectivity index (χ3v) is 3.96. The lowest BCUT2D eigenvalue weighted by atomic mass is 9.99. The molecule has 0 N–H and O–H groups in total. The van der Waals surface area contributed by atoms with Crippen LogP contribution >= 0.6 is 0 Å². The summed E-state index contributed by atoms with van der Waals surface area (Å²) in [4.78, 5) is 15.4. The fourth-order valence-corrected chi connectivity index (χ4v) is 2.79. The summed E-state index contributed by atoms with van der Waals surface area (Å²) in [6.45, 7) is 0. The molecule has 0 unspecified atom stereocenters. The van der Waals surface area contributed by atoms with Crippen molar-refractivity contribution in [2.24, 2.45) is 17.0 Å². The highest BCUT2D eigenvalue weighted by Crippen LogP contribution is 2.50. The van der Waals surface area contributed by atoms with Crippen molar-refractivity contribution >= 4 is 5.78 Å². The van der Waals surface area contributed by atoms with E-state index in [-0.39, 0.29) is 23.7 Å². The van der Waals surface area contributed by atoms with Gasteiger partial charge in [-0.05, 0) is 23.4 Å². The molecule has 1 aliphatic carbocycles. The Labute approximate surface area is 123 Å². The first-order valence-electron chi connectivity index (χ1n) is 6.99. The average Bonchev–Trinajstić information content (AvgIpc) is 3.34. The molecule has 4 nitrogen and oxygen atoms in total. The molecule has 3 rings (SSSR count). The Morgan fingerprint density at radius 2 is 1.71 bits per heavy atom. The number of ketones is 1. The van der Waals surface area contributed by atoms with Gasteiger partial charge in [-0.15, -0.1) is 0 Å². The van der Waals surface area contributed by atoms with Crippen LogP contribution in [-0.4, -0.2) is 5.78 Å². The number of azide groups is 1. The largest absolute Gasteiger partial charge is 0.294 e. The second-order valence-corrected chi connectivity index (χ2v) is 5.30. The normalized spacial score (nSPS) is 21.1. The molecule has 0 saturated heterocycles. The number of Topliss-reactive ketones (excluding diaryl/α,β-unsaturated/α-hetero) is 1. The number of rotatable bonds is 5. The Morgan fingerprint density at radius 3 is 2.33 bits per heavy atom. The van der Waals surface area contributed by atoms with Gasteiger partial charge >= 0.3 is 0 Å². The second kappa shape index (κ2) is 5.81. The van der Waals surface area contributed by atoms with E-state index in [1.54, 1.807) is 0 Å². The lowest BCUT2D eigenvalue weighted by Gasteiger charge is -2.10. The van der Waals surface area contributed by atoms with Gasteiger partial charge in [0.15, 0.2) is 5.78 Å². The summed E-state index contributed by atoms with van der Waals surface area (Å²) in [5, 5.41) is 3.91. The van der Waals surface area contributed by atoms with Gasteiger partial charge in [0.05, 0.1) is 6.04 Å². The first kappa shape index (κ1) is 13.4. The highest BCUT2D eigenvalue weighted by molar-refractivity contribution is 5.99. The summed E-state index contributed by atoms with van der Waals surface area (Å²) in [6, 6.07) is 18.7. The molecule has 2 aromatic carbocycles. The Bertz CT molecular complexity index is 678. The van der Waals surface area contributed by atoms with Gasteiger partial charge in [-0.3, -0.25) is 4.79 Å². The van der Waals surface area contributed by atoms with Crippen LogP contribution in [0.5, 0.6) is 0 Å². The van der Waals surface area contributed by atoms with E-state index >= 15 is 0 Å². The molecule has 0 aliphatic heterocycles. The van der Waals surface area contributed by atoms with Gasteiger partial charge in [0.1, 0.15) is 0 Å². The molecule has 1 saturated carbocycles. The van der Waals surface area contributed by atoms with E-state index in [9.17, 15) is 4.79 Å². The van der Waals surface area contributed by atoms with E-state index in [0.29, 0.717) is 0 Å². The fourth-order valence-electron chi connectivity index (χ4n) is 2.79. The predicted molar refractivity (Wildman–Crippen MR) is 80.7 cm³/mol. The van der Waals surface area contributed by atoms with E-state index in [0.717, 1.165) is 17.5 Å². The van der Waals surface area contributed by atoms with Crippen LogP contribution in [0.2, 0.25) is 0 Å². The smallest absolute Gasteiger partial charge is 0.166 e. The first-order valence-corrected chi connectivity index (χ1v) is 6.99. The monoisotopic (exact) mass is 277 g/mol. The molecule has 0 heterocycles. The molecule has 104 valence electrons. The molecule has 1 fully saturated rings. The summed E-state index contributed by atoms with van der Waals surface area (Å²) in [7, 11) is 0. The maximum Gasteiger partial charge on any atom is 0.166 e. The SMILES string of the molecule is [N-]=[N+]=N[C@@H](c1ccccc1)[C@@H]1C[C@H]1C(=O)c1ccccc1. The summed E-state index contributed by atoms with van der Waals surface area (Å²) < 4.78 is 0. The van der Waals surface area contributed by atoms with Gasteiger partial charge < -0.3 is 0 Å². The van der Waals surface area contributed by atoms with Gasteiger partial charge in [0.25, 0.3) is 0 Å². The van der Waals surface area contributed by atoms with Crippen molar-refractivity contribution in [1.82, 2.24) is 0 Å². The number of carbonyl (C=O) groups is 1. The standard InChI is InChI=1S/C17H15N3O/c18-20-19-16(12-7-3-1-4-8-12)14-11-15(14)17(21)13-9-5-2-6-10-13/h1-10,14-16H,11H2/t14-,15-,16+/m1/s1. The quantitative estimate of drug-likeness (QED) is 0.342. The zero-order chi connectivity index (χ0) is 14.7. The van der Waals surface area contributed by atoms with Crippen LogP contribution in [0.15, 0.2) is 65.8 Å². The van der Waals surface area contributed by atoms with Gasteiger partial charge in [0, 0.05) is 16.4 Å².